The van der Waals surface area contributed by atoms with Crippen LogP contribution < -0.4 is 5.32 Å². The number of hydrogen-bond donors (Lipinski definition) is 1. The summed E-state index contributed by atoms with van der Waals surface area (Å²) in [7, 11) is 1.68. The monoisotopic (exact) mass is 504 g/mol. The van der Waals surface area contributed by atoms with Crippen LogP contribution in [0.3, 0.4) is 0 Å². The third-order valence-electron chi connectivity index (χ3n) is 7.18. The fourth-order valence-electron chi connectivity index (χ4n) is 5.14. The van der Waals surface area contributed by atoms with E-state index in [1.54, 1.807) is 14.0 Å². The van der Waals surface area contributed by atoms with Gasteiger partial charge in [-0.25, -0.2) is 9.59 Å². The fourth-order valence-corrected chi connectivity index (χ4v) is 5.14. The van der Waals surface area contributed by atoms with Crippen LogP contribution in [0.1, 0.15) is 46.9 Å². The predicted octanol–water partition coefficient (Wildman–Crippen LogP) is 3.66. The fraction of sp³-hybridized carbons (Fsp3) is 0.414. The van der Waals surface area contributed by atoms with Crippen molar-refractivity contribution in [1.82, 2.24) is 20.0 Å². The van der Waals surface area contributed by atoms with Gasteiger partial charge in [-0.15, -0.1) is 0 Å². The van der Waals surface area contributed by atoms with E-state index in [-0.39, 0.29) is 24.6 Å². The number of carbonyl (C=O) groups excluding carboxylic acids is 3. The highest BCUT2D eigenvalue weighted by molar-refractivity contribution is 5.95. The van der Waals surface area contributed by atoms with Gasteiger partial charge in [0.2, 0.25) is 0 Å². The van der Waals surface area contributed by atoms with Crippen LogP contribution in [0.2, 0.25) is 0 Å². The lowest BCUT2D eigenvalue weighted by Crippen LogP contribution is -2.56. The number of likely N-dealkylation sites (N-methyl/N-ethyl adjacent to an activating group) is 1. The Hall–Kier alpha value is -3.65. The van der Waals surface area contributed by atoms with Gasteiger partial charge in [-0.1, -0.05) is 42.0 Å². The molecule has 1 saturated heterocycles. The van der Waals surface area contributed by atoms with E-state index >= 15 is 0 Å². The lowest BCUT2D eigenvalue weighted by Gasteiger charge is -2.42. The molecule has 0 bridgehead atoms. The molecule has 8 heteroatoms. The minimum absolute atomic E-state index is 0.0170. The number of aryl methyl sites for hydroxylation is 2. The molecule has 0 radical (unpaired) electrons. The summed E-state index contributed by atoms with van der Waals surface area (Å²) in [6.07, 6.45) is 0. The molecule has 0 aromatic heterocycles. The summed E-state index contributed by atoms with van der Waals surface area (Å²) in [5.74, 6) is -0.412. The molecule has 1 N–H and O–H groups in total. The Morgan fingerprint density at radius 3 is 2.49 bits per heavy atom. The first kappa shape index (κ1) is 26.4. The Morgan fingerprint density at radius 2 is 1.81 bits per heavy atom. The maximum absolute atomic E-state index is 13.3. The van der Waals surface area contributed by atoms with Gasteiger partial charge in [0.05, 0.1) is 18.2 Å². The van der Waals surface area contributed by atoms with E-state index in [9.17, 15) is 14.4 Å². The van der Waals surface area contributed by atoms with Gasteiger partial charge in [0.15, 0.2) is 0 Å². The molecule has 2 heterocycles. The van der Waals surface area contributed by atoms with Gasteiger partial charge in [0.1, 0.15) is 0 Å². The Morgan fingerprint density at radius 1 is 1.08 bits per heavy atom. The standard InChI is InChI=1S/C29H36N4O4/c1-6-37-28(35)25-24(31(5)29(36)30-26(25)23-16-19(2)12-13-20(23)3)18-32-14-15-33(21(4)17-32)27(34)22-10-8-7-9-11-22/h7-13,16,21,26H,6,14-15,17-18H2,1-5H3,(H,30,36)/t21-,26-/m0/s1. The normalized spacial score (nSPS) is 20.6. The number of amides is 3. The summed E-state index contributed by atoms with van der Waals surface area (Å²) in [4.78, 5) is 45.0. The number of piperazine rings is 1. The summed E-state index contributed by atoms with van der Waals surface area (Å²) in [5.41, 5.74) is 4.68. The summed E-state index contributed by atoms with van der Waals surface area (Å²) in [5, 5.41) is 3.01. The highest BCUT2D eigenvalue weighted by Gasteiger charge is 2.39. The molecule has 2 aliphatic rings. The van der Waals surface area contributed by atoms with Gasteiger partial charge in [-0.05, 0) is 51.0 Å². The van der Waals surface area contributed by atoms with Crippen molar-refractivity contribution in [2.24, 2.45) is 0 Å². The summed E-state index contributed by atoms with van der Waals surface area (Å²) >= 11 is 0. The number of rotatable bonds is 6. The summed E-state index contributed by atoms with van der Waals surface area (Å²) in [6.45, 7) is 10.2. The van der Waals surface area contributed by atoms with Crippen molar-refractivity contribution < 1.29 is 19.1 Å². The van der Waals surface area contributed by atoms with Crippen molar-refractivity contribution in [3.63, 3.8) is 0 Å². The molecule has 0 unspecified atom stereocenters. The smallest absolute Gasteiger partial charge is 0.338 e. The number of hydrogen-bond acceptors (Lipinski definition) is 5. The van der Waals surface area contributed by atoms with Crippen LogP contribution in [0.25, 0.3) is 0 Å². The van der Waals surface area contributed by atoms with Crippen molar-refractivity contribution in [2.45, 2.75) is 39.8 Å². The van der Waals surface area contributed by atoms with E-state index in [0.29, 0.717) is 43.0 Å². The largest absolute Gasteiger partial charge is 0.463 e. The van der Waals surface area contributed by atoms with E-state index in [2.05, 4.69) is 10.2 Å². The Balaban J connectivity index is 1.63. The molecule has 2 aliphatic heterocycles. The molecule has 2 aromatic rings. The van der Waals surface area contributed by atoms with E-state index < -0.39 is 12.0 Å². The molecular weight excluding hydrogens is 468 g/mol. The van der Waals surface area contributed by atoms with Crippen LogP contribution in [-0.4, -0.2) is 78.5 Å². The minimum atomic E-state index is -0.601. The molecule has 4 rings (SSSR count). The third-order valence-corrected chi connectivity index (χ3v) is 7.18. The van der Waals surface area contributed by atoms with E-state index in [1.165, 1.54) is 4.90 Å². The molecule has 0 spiro atoms. The van der Waals surface area contributed by atoms with Gasteiger partial charge in [-0.3, -0.25) is 14.6 Å². The van der Waals surface area contributed by atoms with Gasteiger partial charge in [0, 0.05) is 50.5 Å². The molecule has 0 saturated carbocycles. The molecule has 1 fully saturated rings. The predicted molar refractivity (Wildman–Crippen MR) is 142 cm³/mol. The highest BCUT2D eigenvalue weighted by Crippen LogP contribution is 2.33. The van der Waals surface area contributed by atoms with Gasteiger partial charge >= 0.3 is 12.0 Å². The van der Waals surface area contributed by atoms with Crippen molar-refractivity contribution in [3.8, 4) is 0 Å². The Kier molecular flexibility index (Phi) is 7.97. The number of esters is 1. The van der Waals surface area contributed by atoms with Gasteiger partial charge in [-0.2, -0.15) is 0 Å². The second-order valence-electron chi connectivity index (χ2n) is 9.83. The SMILES string of the molecule is CCOC(=O)C1=C(CN2CCN(C(=O)c3ccccc3)[C@@H](C)C2)N(C)C(=O)N[C@H]1c1cc(C)ccc1C. The molecule has 0 aliphatic carbocycles. The number of urea groups is 1. The minimum Gasteiger partial charge on any atom is -0.463 e. The van der Waals surface area contributed by atoms with Crippen LogP contribution in [0.5, 0.6) is 0 Å². The number of benzene rings is 2. The van der Waals surface area contributed by atoms with E-state index in [4.69, 9.17) is 4.74 Å². The maximum Gasteiger partial charge on any atom is 0.338 e. The maximum atomic E-state index is 13.3. The Bertz CT molecular complexity index is 1210. The Labute approximate surface area is 218 Å². The first-order valence-corrected chi connectivity index (χ1v) is 12.8. The molecular formula is C29H36N4O4. The molecule has 8 nitrogen and oxygen atoms in total. The average molecular weight is 505 g/mol. The zero-order valence-electron chi connectivity index (χ0n) is 22.3. The zero-order valence-corrected chi connectivity index (χ0v) is 22.3. The molecule has 2 aromatic carbocycles. The first-order chi connectivity index (χ1) is 17.7. The first-order valence-electron chi connectivity index (χ1n) is 12.8. The summed E-state index contributed by atoms with van der Waals surface area (Å²) in [6, 6.07) is 14.4. The van der Waals surface area contributed by atoms with Crippen molar-refractivity contribution >= 4 is 17.9 Å². The lowest BCUT2D eigenvalue weighted by molar-refractivity contribution is -0.139. The molecule has 37 heavy (non-hydrogen) atoms. The topological polar surface area (TPSA) is 82.2 Å². The average Bonchev–Trinajstić information content (AvgIpc) is 2.88. The highest BCUT2D eigenvalue weighted by atomic mass is 16.5. The number of nitrogens with one attached hydrogen (secondary N) is 1. The molecule has 3 amide bonds. The van der Waals surface area contributed by atoms with Gasteiger partial charge in [0.25, 0.3) is 5.91 Å². The number of ether oxygens (including phenoxy) is 1. The second kappa shape index (κ2) is 11.2. The summed E-state index contributed by atoms with van der Waals surface area (Å²) < 4.78 is 5.48. The molecule has 196 valence electrons. The van der Waals surface area contributed by atoms with E-state index in [0.717, 1.165) is 16.7 Å². The van der Waals surface area contributed by atoms with Crippen LogP contribution in [0.15, 0.2) is 59.8 Å². The number of nitrogens with zero attached hydrogens (tertiary/aromatic N) is 3. The van der Waals surface area contributed by atoms with Crippen molar-refractivity contribution in [1.29, 1.82) is 0 Å². The van der Waals surface area contributed by atoms with Crippen LogP contribution in [0, 0.1) is 13.8 Å². The lowest BCUT2D eigenvalue weighted by atomic mass is 9.90. The van der Waals surface area contributed by atoms with Crippen LogP contribution in [-0.2, 0) is 9.53 Å². The quantitative estimate of drug-likeness (QED) is 0.607. The van der Waals surface area contributed by atoms with Gasteiger partial charge < -0.3 is 15.0 Å². The second-order valence-corrected chi connectivity index (χ2v) is 9.83. The van der Waals surface area contributed by atoms with Crippen molar-refractivity contribution in [2.75, 3.05) is 39.8 Å². The third kappa shape index (κ3) is 5.54. The number of carbonyl (C=O) groups is 3. The van der Waals surface area contributed by atoms with E-state index in [1.807, 2.05) is 74.2 Å². The van der Waals surface area contributed by atoms with Crippen LogP contribution >= 0.6 is 0 Å². The van der Waals surface area contributed by atoms with Crippen LogP contribution in [0.4, 0.5) is 4.79 Å². The zero-order chi connectivity index (χ0) is 26.7. The van der Waals surface area contributed by atoms with Crippen molar-refractivity contribution in [3.05, 3.63) is 82.1 Å². The molecule has 2 atom stereocenters.